The van der Waals surface area contributed by atoms with Crippen LogP contribution in [0.4, 0.5) is 0 Å². The average molecular weight is 324 g/mol. The standard InChI is InChI=1S/C18H16N2O4/c1-24-18(23)15-12-7-3-2-6-11(12)10-19(15)20-16(21)13-8-4-5-9-14(13)17(20)22/h4-5,8-10H,2-3,6-7H2,1H3. The molecule has 2 heterocycles. The largest absolute Gasteiger partial charge is 0.464 e. The summed E-state index contributed by atoms with van der Waals surface area (Å²) in [5, 5.41) is 1.04. The molecule has 2 aromatic rings. The number of rotatable bonds is 2. The van der Waals surface area contributed by atoms with Gasteiger partial charge in [0.15, 0.2) is 5.69 Å². The minimum atomic E-state index is -0.533. The highest BCUT2D eigenvalue weighted by atomic mass is 16.5. The number of esters is 1. The number of methoxy groups -OCH3 is 1. The predicted molar refractivity (Wildman–Crippen MR) is 85.7 cm³/mol. The lowest BCUT2D eigenvalue weighted by atomic mass is 9.94. The number of benzene rings is 1. The molecule has 0 fully saturated rings. The van der Waals surface area contributed by atoms with E-state index < -0.39 is 17.8 Å². The summed E-state index contributed by atoms with van der Waals surface area (Å²) in [4.78, 5) is 37.7. The minimum absolute atomic E-state index is 0.279. The van der Waals surface area contributed by atoms with Gasteiger partial charge in [0.05, 0.1) is 18.2 Å². The summed E-state index contributed by atoms with van der Waals surface area (Å²) in [5.74, 6) is -1.38. The second kappa shape index (κ2) is 5.33. The molecule has 0 saturated heterocycles. The third-order valence-corrected chi connectivity index (χ3v) is 4.67. The maximum Gasteiger partial charge on any atom is 0.356 e. The number of aromatic nitrogens is 1. The van der Waals surface area contributed by atoms with Gasteiger partial charge in [-0.05, 0) is 48.9 Å². The van der Waals surface area contributed by atoms with Crippen LogP contribution in [0.1, 0.15) is 55.2 Å². The number of hydrogen-bond donors (Lipinski definition) is 0. The molecule has 1 aliphatic carbocycles. The molecule has 4 rings (SSSR count). The van der Waals surface area contributed by atoms with Gasteiger partial charge in [-0.1, -0.05) is 12.1 Å². The van der Waals surface area contributed by atoms with Crippen molar-refractivity contribution in [2.75, 3.05) is 12.1 Å². The molecular formula is C18H16N2O4. The van der Waals surface area contributed by atoms with Crippen molar-refractivity contribution in [3.8, 4) is 0 Å². The summed E-state index contributed by atoms with van der Waals surface area (Å²) in [6.45, 7) is 0. The molecule has 1 aromatic heterocycles. The zero-order chi connectivity index (χ0) is 16.8. The van der Waals surface area contributed by atoms with Crippen molar-refractivity contribution in [1.29, 1.82) is 0 Å². The molecular weight excluding hydrogens is 308 g/mol. The van der Waals surface area contributed by atoms with Crippen LogP contribution >= 0.6 is 0 Å². The Morgan fingerprint density at radius 2 is 1.67 bits per heavy atom. The zero-order valence-corrected chi connectivity index (χ0v) is 13.2. The van der Waals surface area contributed by atoms with Crippen molar-refractivity contribution >= 4 is 17.8 Å². The summed E-state index contributed by atoms with van der Waals surface area (Å²) in [6, 6.07) is 6.68. The third-order valence-electron chi connectivity index (χ3n) is 4.67. The van der Waals surface area contributed by atoms with Gasteiger partial charge in [0.25, 0.3) is 11.8 Å². The van der Waals surface area contributed by atoms with Crippen LogP contribution < -0.4 is 5.01 Å². The smallest absolute Gasteiger partial charge is 0.356 e. The van der Waals surface area contributed by atoms with Gasteiger partial charge in [0.2, 0.25) is 0 Å². The number of aryl methyl sites for hydroxylation is 1. The zero-order valence-electron chi connectivity index (χ0n) is 13.2. The first kappa shape index (κ1) is 14.7. The van der Waals surface area contributed by atoms with Crippen LogP contribution in [0.2, 0.25) is 0 Å². The van der Waals surface area contributed by atoms with E-state index in [0.717, 1.165) is 41.8 Å². The number of carbonyl (C=O) groups is 3. The van der Waals surface area contributed by atoms with Crippen molar-refractivity contribution in [3.63, 3.8) is 0 Å². The van der Waals surface area contributed by atoms with E-state index in [1.807, 2.05) is 0 Å². The molecule has 2 aliphatic rings. The maximum absolute atomic E-state index is 12.7. The van der Waals surface area contributed by atoms with Crippen LogP contribution in [-0.4, -0.2) is 29.6 Å². The van der Waals surface area contributed by atoms with Gasteiger partial charge in [0, 0.05) is 6.20 Å². The number of nitrogens with zero attached hydrogens (tertiary/aromatic N) is 2. The fourth-order valence-electron chi connectivity index (χ4n) is 3.54. The topological polar surface area (TPSA) is 68.6 Å². The Balaban J connectivity index is 1.89. The molecule has 0 saturated carbocycles. The highest BCUT2D eigenvalue weighted by Crippen LogP contribution is 2.30. The predicted octanol–water partition coefficient (Wildman–Crippen LogP) is 2.09. The van der Waals surface area contributed by atoms with E-state index >= 15 is 0 Å². The molecule has 0 spiro atoms. The van der Waals surface area contributed by atoms with Crippen molar-refractivity contribution < 1.29 is 19.1 Å². The molecule has 0 unspecified atom stereocenters. The lowest BCUT2D eigenvalue weighted by Gasteiger charge is -2.18. The second-order valence-electron chi connectivity index (χ2n) is 5.99. The van der Waals surface area contributed by atoms with Crippen molar-refractivity contribution in [1.82, 2.24) is 4.68 Å². The molecule has 6 nitrogen and oxygen atoms in total. The SMILES string of the molecule is COC(=O)c1c2c(cn1N1C(=O)c3ccccc3C1=O)CCCC2. The van der Waals surface area contributed by atoms with Gasteiger partial charge in [-0.15, -0.1) is 0 Å². The lowest BCUT2D eigenvalue weighted by Crippen LogP contribution is -2.41. The van der Waals surface area contributed by atoms with Gasteiger partial charge in [-0.3, -0.25) is 9.59 Å². The fraction of sp³-hybridized carbons (Fsp3) is 0.278. The van der Waals surface area contributed by atoms with Gasteiger partial charge < -0.3 is 4.74 Å². The molecule has 0 radical (unpaired) electrons. The summed E-state index contributed by atoms with van der Waals surface area (Å²) >= 11 is 0. The monoisotopic (exact) mass is 324 g/mol. The lowest BCUT2D eigenvalue weighted by molar-refractivity contribution is 0.0586. The van der Waals surface area contributed by atoms with E-state index in [1.54, 1.807) is 30.5 Å². The summed E-state index contributed by atoms with van der Waals surface area (Å²) in [7, 11) is 1.30. The Morgan fingerprint density at radius 3 is 2.29 bits per heavy atom. The van der Waals surface area contributed by atoms with E-state index in [2.05, 4.69) is 0 Å². The van der Waals surface area contributed by atoms with Crippen LogP contribution in [0.25, 0.3) is 0 Å². The van der Waals surface area contributed by atoms with Crippen molar-refractivity contribution in [2.24, 2.45) is 0 Å². The number of fused-ring (bicyclic) bond motifs is 2. The Kier molecular flexibility index (Phi) is 3.26. The molecule has 1 aliphatic heterocycles. The van der Waals surface area contributed by atoms with Gasteiger partial charge in [-0.2, -0.15) is 5.01 Å². The normalized spacial score (nSPS) is 16.1. The van der Waals surface area contributed by atoms with E-state index in [1.165, 1.54) is 11.8 Å². The summed E-state index contributed by atoms with van der Waals surface area (Å²) in [5.41, 5.74) is 2.86. The van der Waals surface area contributed by atoms with E-state index in [0.29, 0.717) is 11.1 Å². The Labute approximate surface area is 138 Å². The quantitative estimate of drug-likeness (QED) is 0.626. The maximum atomic E-state index is 12.7. The molecule has 2 amide bonds. The van der Waals surface area contributed by atoms with Crippen LogP contribution in [0.3, 0.4) is 0 Å². The van der Waals surface area contributed by atoms with Crippen LogP contribution in [0.5, 0.6) is 0 Å². The first-order chi connectivity index (χ1) is 11.6. The fourth-order valence-corrected chi connectivity index (χ4v) is 3.54. The van der Waals surface area contributed by atoms with Crippen LogP contribution in [0, 0.1) is 0 Å². The van der Waals surface area contributed by atoms with Gasteiger partial charge >= 0.3 is 5.97 Å². The Morgan fingerprint density at radius 1 is 1.04 bits per heavy atom. The molecule has 24 heavy (non-hydrogen) atoms. The average Bonchev–Trinajstić information content (AvgIpc) is 3.10. The summed E-state index contributed by atoms with van der Waals surface area (Å²) < 4.78 is 6.28. The number of imide groups is 1. The van der Waals surface area contributed by atoms with Gasteiger partial charge in [0.1, 0.15) is 0 Å². The number of amides is 2. The second-order valence-corrected chi connectivity index (χ2v) is 5.99. The molecule has 0 bridgehead atoms. The highest BCUT2D eigenvalue weighted by molar-refractivity contribution is 6.30. The van der Waals surface area contributed by atoms with E-state index in [4.69, 9.17) is 4.74 Å². The van der Waals surface area contributed by atoms with E-state index in [-0.39, 0.29) is 5.69 Å². The summed E-state index contributed by atoms with van der Waals surface area (Å²) in [6.07, 6.45) is 5.30. The van der Waals surface area contributed by atoms with Crippen molar-refractivity contribution in [3.05, 3.63) is 58.4 Å². The number of hydrogen-bond acceptors (Lipinski definition) is 4. The molecule has 0 N–H and O–H groups in total. The highest BCUT2D eigenvalue weighted by Gasteiger charge is 2.39. The molecule has 122 valence electrons. The Hall–Kier alpha value is -2.89. The Bertz CT molecular complexity index is 846. The molecule has 0 atom stereocenters. The van der Waals surface area contributed by atoms with E-state index in [9.17, 15) is 14.4 Å². The van der Waals surface area contributed by atoms with Crippen LogP contribution in [-0.2, 0) is 17.6 Å². The van der Waals surface area contributed by atoms with Gasteiger partial charge in [-0.25, -0.2) is 9.47 Å². The first-order valence-corrected chi connectivity index (χ1v) is 7.93. The van der Waals surface area contributed by atoms with Crippen molar-refractivity contribution in [2.45, 2.75) is 25.7 Å². The first-order valence-electron chi connectivity index (χ1n) is 7.93. The number of ether oxygens (including phenoxy) is 1. The molecule has 6 heteroatoms. The third kappa shape index (κ3) is 1.92. The number of carbonyl (C=O) groups excluding carboxylic acids is 3. The minimum Gasteiger partial charge on any atom is -0.464 e. The van der Waals surface area contributed by atoms with Crippen LogP contribution in [0.15, 0.2) is 30.5 Å². The molecule has 1 aromatic carbocycles.